The van der Waals surface area contributed by atoms with Crippen molar-refractivity contribution in [3.05, 3.63) is 17.0 Å². The molecule has 0 aliphatic rings. The molecule has 5 heteroatoms. The number of rotatable bonds is 2. The van der Waals surface area contributed by atoms with Crippen molar-refractivity contribution in [3.8, 4) is 0 Å². The van der Waals surface area contributed by atoms with Crippen molar-refractivity contribution in [1.82, 2.24) is 0 Å². The van der Waals surface area contributed by atoms with E-state index in [1.54, 1.807) is 5.94 Å². The van der Waals surface area contributed by atoms with Gasteiger partial charge < -0.3 is 24.0 Å². The summed E-state index contributed by atoms with van der Waals surface area (Å²) >= 11 is 8.77. The highest BCUT2D eigenvalue weighted by molar-refractivity contribution is 7.83. The van der Waals surface area contributed by atoms with E-state index < -0.39 is 0 Å². The second kappa shape index (κ2) is 6.69. The lowest BCUT2D eigenvalue weighted by Crippen LogP contribution is -3.00. The maximum atomic E-state index is 10.4. The van der Waals surface area contributed by atoms with Gasteiger partial charge in [0.15, 0.2) is 5.69 Å². The van der Waals surface area contributed by atoms with Gasteiger partial charge in [0.05, 0.1) is 11.0 Å². The highest BCUT2D eigenvalue weighted by Gasteiger charge is 2.20. The molecule has 0 saturated heterocycles. The molecule has 0 aliphatic heterocycles. The standard InChI is InChI=1S/C11H13NOS2.HI/c1-4-8-7(2)10(14)11(15)9(5-6-13)12(8)3;/h5,15H,4H2,1-3H3;1H. The summed E-state index contributed by atoms with van der Waals surface area (Å²) in [5.74, 6) is 1.78. The number of hydrogen-bond acceptors (Lipinski definition) is 3. The molecule has 1 heterocycles. The third kappa shape index (κ3) is 2.83. The van der Waals surface area contributed by atoms with Crippen molar-refractivity contribution >= 4 is 37.3 Å². The van der Waals surface area contributed by atoms with Crippen LogP contribution in [0.5, 0.6) is 0 Å². The molecular formula is C11H14INOS2. The smallest absolute Gasteiger partial charge is 0.230 e. The summed E-state index contributed by atoms with van der Waals surface area (Å²) in [5.41, 5.74) is 3.01. The molecule has 1 rings (SSSR count). The van der Waals surface area contributed by atoms with Crippen molar-refractivity contribution in [3.63, 3.8) is 0 Å². The fourth-order valence-corrected chi connectivity index (χ4v) is 2.34. The van der Waals surface area contributed by atoms with E-state index in [4.69, 9.17) is 0 Å². The SMILES string of the molecule is CCc1c(C)c(S)c(S)c(C=C=O)[n+]1C.[I-]. The summed E-state index contributed by atoms with van der Waals surface area (Å²) < 4.78 is 1.96. The highest BCUT2D eigenvalue weighted by atomic mass is 127. The molecule has 88 valence electrons. The first-order valence-electron chi connectivity index (χ1n) is 4.68. The first-order chi connectivity index (χ1) is 7.04. The predicted octanol–water partition coefficient (Wildman–Crippen LogP) is -1.19. The minimum absolute atomic E-state index is 0. The third-order valence-corrected chi connectivity index (χ3v) is 3.74. The van der Waals surface area contributed by atoms with Crippen LogP contribution >= 0.6 is 25.3 Å². The Labute approximate surface area is 124 Å². The van der Waals surface area contributed by atoms with Crippen LogP contribution in [0.25, 0.3) is 6.08 Å². The first-order valence-corrected chi connectivity index (χ1v) is 5.58. The summed E-state index contributed by atoms with van der Waals surface area (Å²) in [5, 5.41) is 0. The molecule has 0 fully saturated rings. The van der Waals surface area contributed by atoms with Gasteiger partial charge in [0, 0.05) is 16.9 Å². The Morgan fingerprint density at radius 3 is 2.38 bits per heavy atom. The van der Waals surface area contributed by atoms with Crippen LogP contribution in [-0.2, 0) is 18.3 Å². The van der Waals surface area contributed by atoms with Crippen LogP contribution in [0.4, 0.5) is 0 Å². The largest absolute Gasteiger partial charge is 1.00 e. The van der Waals surface area contributed by atoms with Crippen LogP contribution in [0.15, 0.2) is 9.79 Å². The van der Waals surface area contributed by atoms with Gasteiger partial charge in [-0.1, -0.05) is 6.92 Å². The maximum absolute atomic E-state index is 10.4. The molecule has 1 aromatic rings. The second-order valence-corrected chi connectivity index (χ2v) is 4.22. The van der Waals surface area contributed by atoms with E-state index in [2.05, 4.69) is 32.2 Å². The summed E-state index contributed by atoms with van der Waals surface area (Å²) in [6, 6.07) is 0. The van der Waals surface area contributed by atoms with Gasteiger partial charge in [-0.2, -0.15) is 4.57 Å². The quantitative estimate of drug-likeness (QED) is 0.292. The summed E-state index contributed by atoms with van der Waals surface area (Å²) in [6.45, 7) is 4.08. The maximum Gasteiger partial charge on any atom is 0.230 e. The van der Waals surface area contributed by atoms with Crippen LogP contribution in [0.1, 0.15) is 23.9 Å². The predicted molar refractivity (Wildman–Crippen MR) is 66.4 cm³/mol. The van der Waals surface area contributed by atoms with Crippen LogP contribution in [0.2, 0.25) is 0 Å². The van der Waals surface area contributed by atoms with Crippen LogP contribution in [-0.4, -0.2) is 5.94 Å². The summed E-state index contributed by atoms with van der Waals surface area (Å²) in [7, 11) is 1.92. The Kier molecular flexibility index (Phi) is 6.70. The first kappa shape index (κ1) is 16.0. The van der Waals surface area contributed by atoms with Gasteiger partial charge in [0.2, 0.25) is 5.69 Å². The Balaban J connectivity index is 0.00000225. The van der Waals surface area contributed by atoms with E-state index in [0.717, 1.165) is 33.2 Å². The average molecular weight is 367 g/mol. The van der Waals surface area contributed by atoms with Crippen LogP contribution in [0, 0.1) is 6.92 Å². The molecule has 0 bridgehead atoms. The van der Waals surface area contributed by atoms with Crippen LogP contribution in [0.3, 0.4) is 0 Å². The van der Waals surface area contributed by atoms with Crippen molar-refractivity contribution in [2.45, 2.75) is 30.1 Å². The monoisotopic (exact) mass is 367 g/mol. The molecule has 0 aromatic carbocycles. The van der Waals surface area contributed by atoms with Crippen molar-refractivity contribution < 1.29 is 33.3 Å². The van der Waals surface area contributed by atoms with E-state index in [1.807, 2.05) is 18.5 Å². The molecule has 0 saturated carbocycles. The fourth-order valence-electron chi connectivity index (χ4n) is 1.71. The second-order valence-electron chi connectivity index (χ2n) is 3.33. The molecule has 1 aromatic heterocycles. The molecule has 2 nitrogen and oxygen atoms in total. The fraction of sp³-hybridized carbons (Fsp3) is 0.364. The molecule has 16 heavy (non-hydrogen) atoms. The van der Waals surface area contributed by atoms with Gasteiger partial charge in [-0.3, -0.25) is 0 Å². The van der Waals surface area contributed by atoms with Crippen molar-refractivity contribution in [1.29, 1.82) is 0 Å². The Morgan fingerprint density at radius 2 is 1.94 bits per heavy atom. The van der Waals surface area contributed by atoms with Crippen molar-refractivity contribution in [2.75, 3.05) is 0 Å². The minimum Gasteiger partial charge on any atom is -1.00 e. The number of halogens is 1. The summed E-state index contributed by atoms with van der Waals surface area (Å²) in [4.78, 5) is 12.0. The van der Waals surface area contributed by atoms with E-state index in [0.29, 0.717) is 0 Å². The van der Waals surface area contributed by atoms with E-state index in [1.165, 1.54) is 6.08 Å². The topological polar surface area (TPSA) is 20.9 Å². The van der Waals surface area contributed by atoms with Gasteiger partial charge >= 0.3 is 0 Å². The highest BCUT2D eigenvalue weighted by Crippen LogP contribution is 2.26. The summed E-state index contributed by atoms with van der Waals surface area (Å²) in [6.07, 6.45) is 2.28. The van der Waals surface area contributed by atoms with Crippen LogP contribution < -0.4 is 28.5 Å². The number of carbonyl (C=O) groups excluding carboxylic acids is 1. The van der Waals surface area contributed by atoms with Gasteiger partial charge in [0.1, 0.15) is 13.0 Å². The normalized spacial score (nSPS) is 9.31. The number of nitrogens with zero attached hydrogens (tertiary/aromatic N) is 1. The molecule has 0 atom stereocenters. The molecule has 0 spiro atoms. The Morgan fingerprint density at radius 1 is 1.38 bits per heavy atom. The zero-order valence-corrected chi connectivity index (χ0v) is 13.4. The number of thiol groups is 2. The van der Waals surface area contributed by atoms with Gasteiger partial charge in [-0.25, -0.2) is 4.79 Å². The van der Waals surface area contributed by atoms with E-state index in [-0.39, 0.29) is 24.0 Å². The van der Waals surface area contributed by atoms with E-state index >= 15 is 0 Å². The molecule has 0 radical (unpaired) electrons. The van der Waals surface area contributed by atoms with Crippen molar-refractivity contribution in [2.24, 2.45) is 7.05 Å². The molecule has 0 aliphatic carbocycles. The average Bonchev–Trinajstić information content (AvgIpc) is 2.22. The molecule has 0 N–H and O–H groups in total. The minimum atomic E-state index is 0. The van der Waals surface area contributed by atoms with Gasteiger partial charge in [-0.15, -0.1) is 25.3 Å². The number of pyridine rings is 1. The number of hydrogen-bond donors (Lipinski definition) is 2. The lowest BCUT2D eigenvalue weighted by Gasteiger charge is -2.09. The Bertz CT molecular complexity index is 454. The third-order valence-electron chi connectivity index (χ3n) is 2.55. The molecule has 0 amide bonds. The molecular weight excluding hydrogens is 353 g/mol. The molecule has 0 unspecified atom stereocenters. The van der Waals surface area contributed by atoms with Gasteiger partial charge in [-0.05, 0) is 6.92 Å². The van der Waals surface area contributed by atoms with Gasteiger partial charge in [0.25, 0.3) is 0 Å². The zero-order valence-electron chi connectivity index (χ0n) is 9.41. The lowest BCUT2D eigenvalue weighted by atomic mass is 10.1. The Hall–Kier alpha value is 0.0300. The zero-order chi connectivity index (χ0) is 11.6. The number of aromatic nitrogens is 1. The lowest BCUT2D eigenvalue weighted by molar-refractivity contribution is -0.683. The van der Waals surface area contributed by atoms with E-state index in [9.17, 15) is 4.79 Å².